The summed E-state index contributed by atoms with van der Waals surface area (Å²) in [6, 6.07) is 11.1. The minimum absolute atomic E-state index is 0.0244. The molecular formula is C23H29N3O4. The van der Waals surface area contributed by atoms with Crippen molar-refractivity contribution < 1.29 is 18.8 Å². The Kier molecular flexibility index (Phi) is 6.67. The molecule has 2 aliphatic carbocycles. The number of carbonyl (C=O) groups excluding carboxylic acids is 2. The van der Waals surface area contributed by atoms with Gasteiger partial charge in [-0.05, 0) is 43.7 Å². The van der Waals surface area contributed by atoms with Gasteiger partial charge in [-0.3, -0.25) is 9.59 Å². The van der Waals surface area contributed by atoms with Crippen LogP contribution in [0.2, 0.25) is 0 Å². The van der Waals surface area contributed by atoms with E-state index in [2.05, 4.69) is 10.5 Å². The maximum Gasteiger partial charge on any atom is 0.273 e. The summed E-state index contributed by atoms with van der Waals surface area (Å²) in [5, 5.41) is 6.80. The van der Waals surface area contributed by atoms with Gasteiger partial charge in [0.25, 0.3) is 11.8 Å². The van der Waals surface area contributed by atoms with Crippen molar-refractivity contribution in [3.63, 3.8) is 0 Å². The molecule has 2 fully saturated rings. The molecule has 0 bridgehead atoms. The van der Waals surface area contributed by atoms with Crippen LogP contribution in [0.4, 0.5) is 0 Å². The topological polar surface area (TPSA) is 84.7 Å². The molecular weight excluding hydrogens is 382 g/mol. The fourth-order valence-electron chi connectivity index (χ4n) is 3.87. The number of amides is 2. The average molecular weight is 412 g/mol. The lowest BCUT2D eigenvalue weighted by atomic mass is 9.94. The third-order valence-electron chi connectivity index (χ3n) is 5.81. The van der Waals surface area contributed by atoms with E-state index in [4.69, 9.17) is 9.26 Å². The van der Waals surface area contributed by atoms with E-state index in [0.717, 1.165) is 25.7 Å². The van der Waals surface area contributed by atoms with Crippen molar-refractivity contribution in [1.29, 1.82) is 0 Å². The Morgan fingerprint density at radius 2 is 1.87 bits per heavy atom. The van der Waals surface area contributed by atoms with E-state index >= 15 is 0 Å². The van der Waals surface area contributed by atoms with Crippen molar-refractivity contribution >= 4 is 11.8 Å². The van der Waals surface area contributed by atoms with Gasteiger partial charge in [-0.1, -0.05) is 42.6 Å². The maximum atomic E-state index is 13.0. The lowest BCUT2D eigenvalue weighted by Gasteiger charge is -2.33. The van der Waals surface area contributed by atoms with Gasteiger partial charge in [-0.25, -0.2) is 0 Å². The van der Waals surface area contributed by atoms with Crippen molar-refractivity contribution in [2.45, 2.75) is 57.5 Å². The van der Waals surface area contributed by atoms with Crippen LogP contribution in [-0.2, 0) is 11.3 Å². The zero-order valence-electron chi connectivity index (χ0n) is 17.2. The van der Waals surface area contributed by atoms with Gasteiger partial charge in [-0.15, -0.1) is 0 Å². The number of nitrogens with one attached hydrogen (secondary N) is 1. The lowest BCUT2D eigenvalue weighted by Crippen LogP contribution is -2.43. The van der Waals surface area contributed by atoms with Gasteiger partial charge < -0.3 is 19.5 Å². The summed E-state index contributed by atoms with van der Waals surface area (Å²) in [4.78, 5) is 27.1. The predicted octanol–water partition coefficient (Wildman–Crippen LogP) is 3.55. The Morgan fingerprint density at radius 3 is 2.60 bits per heavy atom. The first-order valence-corrected chi connectivity index (χ1v) is 10.9. The van der Waals surface area contributed by atoms with E-state index in [9.17, 15) is 9.59 Å². The molecule has 0 radical (unpaired) electrons. The van der Waals surface area contributed by atoms with Gasteiger partial charge in [0.2, 0.25) is 0 Å². The number of ether oxygens (including phenoxy) is 1. The molecule has 30 heavy (non-hydrogen) atoms. The molecule has 2 aromatic rings. The summed E-state index contributed by atoms with van der Waals surface area (Å²) in [5.74, 6) is 1.49. The van der Waals surface area contributed by atoms with E-state index in [0.29, 0.717) is 30.5 Å². The van der Waals surface area contributed by atoms with Crippen LogP contribution in [0.15, 0.2) is 40.9 Å². The summed E-state index contributed by atoms with van der Waals surface area (Å²) in [5.41, 5.74) is 0.266. The number of aromatic nitrogens is 1. The molecule has 1 aromatic carbocycles. The van der Waals surface area contributed by atoms with Gasteiger partial charge in [0.1, 0.15) is 5.75 Å². The highest BCUT2D eigenvalue weighted by Gasteiger charge is 2.28. The number of rotatable bonds is 9. The predicted molar refractivity (Wildman–Crippen MR) is 111 cm³/mol. The largest absolute Gasteiger partial charge is 0.484 e. The highest BCUT2D eigenvalue weighted by molar-refractivity contribution is 5.92. The third-order valence-corrected chi connectivity index (χ3v) is 5.81. The number of para-hydroxylation sites is 1. The van der Waals surface area contributed by atoms with Gasteiger partial charge in [-0.2, -0.15) is 0 Å². The molecule has 2 amide bonds. The van der Waals surface area contributed by atoms with Crippen LogP contribution in [0.1, 0.15) is 61.2 Å². The number of hydrogen-bond acceptors (Lipinski definition) is 5. The normalized spacial score (nSPS) is 16.8. The van der Waals surface area contributed by atoms with Crippen LogP contribution < -0.4 is 10.1 Å². The standard InChI is InChI=1S/C23H29N3O4/c27-22(16-29-19-9-5-2-6-10-19)26(18-7-3-1-4-8-18)15-20-13-21(25-30-20)23(28)24-14-17-11-12-17/h2,5-6,9-10,13,17-18H,1,3-4,7-8,11-12,14-16H2,(H,24,28). The Hall–Kier alpha value is -2.83. The van der Waals surface area contributed by atoms with Crippen LogP contribution in [-0.4, -0.2) is 41.1 Å². The second-order valence-corrected chi connectivity index (χ2v) is 8.25. The molecule has 1 aromatic heterocycles. The van der Waals surface area contributed by atoms with E-state index in [1.165, 1.54) is 19.3 Å². The van der Waals surface area contributed by atoms with E-state index in [-0.39, 0.29) is 30.2 Å². The summed E-state index contributed by atoms with van der Waals surface area (Å²) < 4.78 is 11.1. The number of benzene rings is 1. The van der Waals surface area contributed by atoms with Gasteiger partial charge >= 0.3 is 0 Å². The van der Waals surface area contributed by atoms with E-state index in [1.807, 2.05) is 35.2 Å². The Bertz CT molecular complexity index is 841. The second-order valence-electron chi connectivity index (χ2n) is 8.25. The van der Waals surface area contributed by atoms with Gasteiger partial charge in [0, 0.05) is 18.7 Å². The molecule has 1 N–H and O–H groups in total. The van der Waals surface area contributed by atoms with Crippen molar-refractivity contribution in [1.82, 2.24) is 15.4 Å². The SMILES string of the molecule is O=C(NCC1CC1)c1cc(CN(C(=O)COc2ccccc2)C2CCCCC2)on1. The van der Waals surface area contributed by atoms with Crippen LogP contribution in [0.25, 0.3) is 0 Å². The molecule has 0 unspecified atom stereocenters. The van der Waals surface area contributed by atoms with E-state index < -0.39 is 0 Å². The van der Waals surface area contributed by atoms with Crippen LogP contribution in [0.5, 0.6) is 5.75 Å². The Morgan fingerprint density at radius 1 is 1.10 bits per heavy atom. The molecule has 7 nitrogen and oxygen atoms in total. The molecule has 2 aliphatic rings. The fraction of sp³-hybridized carbons (Fsp3) is 0.522. The van der Waals surface area contributed by atoms with Gasteiger partial charge in [0.15, 0.2) is 18.1 Å². The molecule has 4 rings (SSSR count). The highest BCUT2D eigenvalue weighted by Crippen LogP contribution is 2.28. The molecule has 7 heteroatoms. The molecule has 2 saturated carbocycles. The molecule has 0 aliphatic heterocycles. The van der Waals surface area contributed by atoms with Crippen LogP contribution >= 0.6 is 0 Å². The summed E-state index contributed by atoms with van der Waals surface area (Å²) in [6.45, 7) is 0.957. The van der Waals surface area contributed by atoms with E-state index in [1.54, 1.807) is 6.07 Å². The zero-order chi connectivity index (χ0) is 20.8. The first-order valence-electron chi connectivity index (χ1n) is 10.9. The summed E-state index contributed by atoms with van der Waals surface area (Å²) >= 11 is 0. The molecule has 0 saturated heterocycles. The van der Waals surface area contributed by atoms with Crippen molar-refractivity contribution in [2.75, 3.05) is 13.2 Å². The fourth-order valence-corrected chi connectivity index (χ4v) is 3.87. The molecule has 0 atom stereocenters. The molecule has 160 valence electrons. The first-order chi connectivity index (χ1) is 14.7. The highest BCUT2D eigenvalue weighted by atomic mass is 16.5. The van der Waals surface area contributed by atoms with Crippen molar-refractivity contribution in [2.24, 2.45) is 5.92 Å². The zero-order valence-corrected chi connectivity index (χ0v) is 17.2. The molecule has 0 spiro atoms. The number of carbonyl (C=O) groups is 2. The van der Waals surface area contributed by atoms with Crippen molar-refractivity contribution in [3.05, 3.63) is 47.9 Å². The maximum absolute atomic E-state index is 13.0. The third kappa shape index (κ3) is 5.62. The monoisotopic (exact) mass is 411 g/mol. The minimum Gasteiger partial charge on any atom is -0.484 e. The lowest BCUT2D eigenvalue weighted by molar-refractivity contribution is -0.137. The first kappa shape index (κ1) is 20.4. The Balaban J connectivity index is 1.39. The number of hydrogen-bond donors (Lipinski definition) is 1. The minimum atomic E-state index is -0.222. The Labute approximate surface area is 176 Å². The smallest absolute Gasteiger partial charge is 0.273 e. The number of nitrogens with zero attached hydrogens (tertiary/aromatic N) is 2. The summed E-state index contributed by atoms with van der Waals surface area (Å²) in [6.07, 6.45) is 7.71. The van der Waals surface area contributed by atoms with Crippen LogP contribution in [0.3, 0.4) is 0 Å². The quantitative estimate of drug-likeness (QED) is 0.682. The van der Waals surface area contributed by atoms with Crippen LogP contribution in [0, 0.1) is 5.92 Å². The second kappa shape index (κ2) is 9.78. The van der Waals surface area contributed by atoms with Gasteiger partial charge in [0.05, 0.1) is 6.54 Å². The van der Waals surface area contributed by atoms with Crippen molar-refractivity contribution in [3.8, 4) is 5.75 Å². The summed E-state index contributed by atoms with van der Waals surface area (Å²) in [7, 11) is 0. The average Bonchev–Trinajstić information content (AvgIpc) is 3.51. The molecule has 1 heterocycles.